The molecular weight excluding hydrogens is 233 g/mol. The zero-order valence-corrected chi connectivity index (χ0v) is 11.3. The molecule has 0 aliphatic heterocycles. The molecular formula is C14H22FNO2. The standard InChI is InChI=1S/C14H22FNO2/c1-4-8-16-9-7-14(2,17)11-5-6-13(18-3)12(15)10-11/h5-6,10,16-17H,4,7-9H2,1-3H3. The summed E-state index contributed by atoms with van der Waals surface area (Å²) in [5.41, 5.74) is -0.465. The van der Waals surface area contributed by atoms with E-state index in [1.807, 2.05) is 0 Å². The van der Waals surface area contributed by atoms with Crippen molar-refractivity contribution in [1.29, 1.82) is 0 Å². The summed E-state index contributed by atoms with van der Waals surface area (Å²) in [5, 5.41) is 13.5. The van der Waals surface area contributed by atoms with Crippen molar-refractivity contribution in [1.82, 2.24) is 5.32 Å². The van der Waals surface area contributed by atoms with Gasteiger partial charge in [0.2, 0.25) is 0 Å². The number of methoxy groups -OCH3 is 1. The molecule has 0 spiro atoms. The zero-order valence-electron chi connectivity index (χ0n) is 11.3. The summed E-state index contributed by atoms with van der Waals surface area (Å²) < 4.78 is 18.4. The molecule has 1 aromatic carbocycles. The summed E-state index contributed by atoms with van der Waals surface area (Å²) in [6.07, 6.45) is 1.60. The van der Waals surface area contributed by atoms with Crippen LogP contribution in [-0.2, 0) is 5.60 Å². The van der Waals surface area contributed by atoms with E-state index in [0.29, 0.717) is 18.5 Å². The molecule has 1 unspecified atom stereocenters. The fourth-order valence-electron chi connectivity index (χ4n) is 1.78. The molecule has 0 bridgehead atoms. The van der Waals surface area contributed by atoms with Crippen molar-refractivity contribution >= 4 is 0 Å². The van der Waals surface area contributed by atoms with Gasteiger partial charge in [0.1, 0.15) is 0 Å². The van der Waals surface area contributed by atoms with Crippen molar-refractivity contribution in [2.75, 3.05) is 20.2 Å². The highest BCUT2D eigenvalue weighted by Gasteiger charge is 2.23. The number of hydrogen-bond donors (Lipinski definition) is 2. The Morgan fingerprint density at radius 2 is 2.11 bits per heavy atom. The normalized spacial score (nSPS) is 14.3. The van der Waals surface area contributed by atoms with Crippen molar-refractivity contribution in [3.8, 4) is 5.75 Å². The number of halogens is 1. The first-order valence-corrected chi connectivity index (χ1v) is 6.28. The minimum absolute atomic E-state index is 0.193. The molecule has 0 aliphatic carbocycles. The predicted octanol–water partition coefficient (Wildman–Crippen LogP) is 2.43. The number of benzene rings is 1. The third kappa shape index (κ3) is 3.96. The maximum absolute atomic E-state index is 13.6. The highest BCUT2D eigenvalue weighted by Crippen LogP contribution is 2.28. The fourth-order valence-corrected chi connectivity index (χ4v) is 1.78. The third-order valence-electron chi connectivity index (χ3n) is 2.99. The van der Waals surface area contributed by atoms with E-state index in [1.54, 1.807) is 19.1 Å². The number of ether oxygens (including phenoxy) is 1. The molecule has 0 saturated carbocycles. The zero-order chi connectivity index (χ0) is 13.6. The van der Waals surface area contributed by atoms with Crippen LogP contribution in [0.15, 0.2) is 18.2 Å². The van der Waals surface area contributed by atoms with E-state index in [2.05, 4.69) is 12.2 Å². The highest BCUT2D eigenvalue weighted by atomic mass is 19.1. The van der Waals surface area contributed by atoms with Gasteiger partial charge in [-0.1, -0.05) is 13.0 Å². The Morgan fingerprint density at radius 3 is 2.67 bits per heavy atom. The monoisotopic (exact) mass is 255 g/mol. The Bertz CT molecular complexity index is 380. The number of hydrogen-bond acceptors (Lipinski definition) is 3. The SMILES string of the molecule is CCCNCCC(C)(O)c1ccc(OC)c(F)c1. The van der Waals surface area contributed by atoms with Gasteiger partial charge >= 0.3 is 0 Å². The van der Waals surface area contributed by atoms with Crippen molar-refractivity contribution in [2.24, 2.45) is 0 Å². The molecule has 1 atom stereocenters. The quantitative estimate of drug-likeness (QED) is 0.735. The van der Waals surface area contributed by atoms with Crippen LogP contribution in [-0.4, -0.2) is 25.3 Å². The fraction of sp³-hybridized carbons (Fsp3) is 0.571. The first kappa shape index (κ1) is 14.9. The molecule has 102 valence electrons. The van der Waals surface area contributed by atoms with Crippen LogP contribution in [0.5, 0.6) is 5.75 Å². The van der Waals surface area contributed by atoms with Crippen LogP contribution in [0.4, 0.5) is 4.39 Å². The molecule has 0 fully saturated rings. The number of rotatable bonds is 7. The summed E-state index contributed by atoms with van der Waals surface area (Å²) in [5.74, 6) is -0.254. The van der Waals surface area contributed by atoms with E-state index in [0.717, 1.165) is 13.0 Å². The van der Waals surface area contributed by atoms with E-state index in [-0.39, 0.29) is 5.75 Å². The van der Waals surface area contributed by atoms with Crippen LogP contribution in [0.25, 0.3) is 0 Å². The lowest BCUT2D eigenvalue weighted by molar-refractivity contribution is 0.0477. The topological polar surface area (TPSA) is 41.5 Å². The Balaban J connectivity index is 2.69. The van der Waals surface area contributed by atoms with Crippen molar-refractivity contribution in [2.45, 2.75) is 32.3 Å². The van der Waals surface area contributed by atoms with Gasteiger partial charge in [-0.25, -0.2) is 4.39 Å². The lowest BCUT2D eigenvalue weighted by Crippen LogP contribution is -2.28. The predicted molar refractivity (Wildman–Crippen MR) is 70.3 cm³/mol. The Labute approximate surface area is 108 Å². The molecule has 0 saturated heterocycles. The van der Waals surface area contributed by atoms with Gasteiger partial charge in [0.25, 0.3) is 0 Å². The highest BCUT2D eigenvalue weighted by molar-refractivity contribution is 5.32. The molecule has 2 N–H and O–H groups in total. The van der Waals surface area contributed by atoms with Crippen molar-refractivity contribution in [3.05, 3.63) is 29.6 Å². The van der Waals surface area contributed by atoms with Crippen molar-refractivity contribution in [3.63, 3.8) is 0 Å². The average molecular weight is 255 g/mol. The van der Waals surface area contributed by atoms with Crippen LogP contribution < -0.4 is 10.1 Å². The molecule has 4 heteroatoms. The molecule has 18 heavy (non-hydrogen) atoms. The molecule has 0 aliphatic rings. The third-order valence-corrected chi connectivity index (χ3v) is 2.99. The van der Waals surface area contributed by atoms with Gasteiger partial charge in [0.15, 0.2) is 11.6 Å². The van der Waals surface area contributed by atoms with E-state index in [1.165, 1.54) is 13.2 Å². The smallest absolute Gasteiger partial charge is 0.165 e. The molecule has 0 amide bonds. The summed E-state index contributed by atoms with van der Waals surface area (Å²) in [6, 6.07) is 4.57. The summed E-state index contributed by atoms with van der Waals surface area (Å²) >= 11 is 0. The summed E-state index contributed by atoms with van der Waals surface area (Å²) in [7, 11) is 1.42. The van der Waals surface area contributed by atoms with Crippen LogP contribution >= 0.6 is 0 Å². The van der Waals surface area contributed by atoms with Gasteiger partial charge in [0, 0.05) is 0 Å². The maximum Gasteiger partial charge on any atom is 0.165 e. The van der Waals surface area contributed by atoms with Crippen LogP contribution in [0.2, 0.25) is 0 Å². The maximum atomic E-state index is 13.6. The van der Waals surface area contributed by atoms with Gasteiger partial charge in [-0.2, -0.15) is 0 Å². The summed E-state index contributed by atoms with van der Waals surface area (Å²) in [4.78, 5) is 0. The Hall–Kier alpha value is -1.13. The lowest BCUT2D eigenvalue weighted by atomic mass is 9.92. The van der Waals surface area contributed by atoms with Crippen LogP contribution in [0, 0.1) is 5.82 Å². The van der Waals surface area contributed by atoms with Gasteiger partial charge in [-0.3, -0.25) is 0 Å². The largest absolute Gasteiger partial charge is 0.494 e. The second-order valence-corrected chi connectivity index (χ2v) is 4.62. The summed E-state index contributed by atoms with van der Waals surface area (Å²) in [6.45, 7) is 5.41. The van der Waals surface area contributed by atoms with Crippen LogP contribution in [0.1, 0.15) is 32.3 Å². The van der Waals surface area contributed by atoms with E-state index in [9.17, 15) is 9.50 Å². The first-order chi connectivity index (χ1) is 8.51. The minimum Gasteiger partial charge on any atom is -0.494 e. The van der Waals surface area contributed by atoms with Crippen molar-refractivity contribution < 1.29 is 14.2 Å². The van der Waals surface area contributed by atoms with E-state index >= 15 is 0 Å². The van der Waals surface area contributed by atoms with E-state index in [4.69, 9.17) is 4.74 Å². The van der Waals surface area contributed by atoms with Gasteiger partial charge < -0.3 is 15.2 Å². The second kappa shape index (κ2) is 6.71. The molecule has 0 radical (unpaired) electrons. The average Bonchev–Trinajstić information content (AvgIpc) is 2.34. The minimum atomic E-state index is -1.03. The van der Waals surface area contributed by atoms with Gasteiger partial charge in [-0.15, -0.1) is 0 Å². The number of aliphatic hydroxyl groups is 1. The van der Waals surface area contributed by atoms with Gasteiger partial charge in [-0.05, 0) is 50.6 Å². The second-order valence-electron chi connectivity index (χ2n) is 4.62. The number of nitrogens with one attached hydrogen (secondary N) is 1. The Kier molecular flexibility index (Phi) is 5.56. The first-order valence-electron chi connectivity index (χ1n) is 6.28. The molecule has 0 aromatic heterocycles. The lowest BCUT2D eigenvalue weighted by Gasteiger charge is -2.24. The molecule has 1 rings (SSSR count). The Morgan fingerprint density at radius 1 is 1.39 bits per heavy atom. The molecule has 1 aromatic rings. The van der Waals surface area contributed by atoms with Crippen LogP contribution in [0.3, 0.4) is 0 Å². The van der Waals surface area contributed by atoms with Gasteiger partial charge in [0.05, 0.1) is 12.7 Å². The van der Waals surface area contributed by atoms with E-state index < -0.39 is 11.4 Å². The molecule has 3 nitrogen and oxygen atoms in total. The molecule has 0 heterocycles.